The van der Waals surface area contributed by atoms with E-state index in [1.165, 1.54) is 0 Å². The van der Waals surface area contributed by atoms with Crippen LogP contribution < -0.4 is 5.32 Å². The van der Waals surface area contributed by atoms with Crippen molar-refractivity contribution in [3.63, 3.8) is 0 Å². The molecule has 0 bridgehead atoms. The van der Waals surface area contributed by atoms with Crippen LogP contribution in [-0.4, -0.2) is 23.8 Å². The lowest BCUT2D eigenvalue weighted by molar-refractivity contribution is 0.0725. The molecule has 0 spiro atoms. The van der Waals surface area contributed by atoms with Gasteiger partial charge in [0.25, 0.3) is 0 Å². The Labute approximate surface area is 56.3 Å². The summed E-state index contributed by atoms with van der Waals surface area (Å²) in [6, 6.07) is 0.496. The van der Waals surface area contributed by atoms with Crippen molar-refractivity contribution >= 4 is 0 Å². The summed E-state index contributed by atoms with van der Waals surface area (Å²) in [7, 11) is 0. The van der Waals surface area contributed by atoms with Crippen LogP contribution in [0.2, 0.25) is 0 Å². The van der Waals surface area contributed by atoms with Gasteiger partial charge in [0.2, 0.25) is 0 Å². The maximum Gasteiger partial charge on any atom is 0.0592 e. The Hall–Kier alpha value is -0.0800. The molecule has 2 nitrogen and oxygen atoms in total. The molecule has 0 unspecified atom stereocenters. The summed E-state index contributed by atoms with van der Waals surface area (Å²) < 4.78 is 0. The smallest absolute Gasteiger partial charge is 0.0592 e. The van der Waals surface area contributed by atoms with Crippen LogP contribution in [0, 0.1) is 5.92 Å². The monoisotopic (exact) mass is 129 g/mol. The molecule has 1 aliphatic rings. The van der Waals surface area contributed by atoms with E-state index in [9.17, 15) is 5.11 Å². The summed E-state index contributed by atoms with van der Waals surface area (Å²) in [5.41, 5.74) is 0. The fourth-order valence-corrected chi connectivity index (χ4v) is 1.20. The van der Waals surface area contributed by atoms with E-state index in [1.54, 1.807) is 0 Å². The van der Waals surface area contributed by atoms with E-state index < -0.39 is 0 Å². The Morgan fingerprint density at radius 3 is 2.56 bits per heavy atom. The van der Waals surface area contributed by atoms with Crippen molar-refractivity contribution in [2.45, 2.75) is 32.4 Å². The van der Waals surface area contributed by atoms with Crippen molar-refractivity contribution in [1.29, 1.82) is 0 Å². The van der Waals surface area contributed by atoms with Crippen molar-refractivity contribution in [3.05, 3.63) is 0 Å². The fourth-order valence-electron chi connectivity index (χ4n) is 1.20. The van der Waals surface area contributed by atoms with Gasteiger partial charge in [0, 0.05) is 12.6 Å². The first-order valence-corrected chi connectivity index (χ1v) is 3.61. The Kier molecular flexibility index (Phi) is 2.09. The van der Waals surface area contributed by atoms with Gasteiger partial charge in [-0.05, 0) is 19.3 Å². The van der Waals surface area contributed by atoms with Gasteiger partial charge in [0.05, 0.1) is 6.10 Å². The van der Waals surface area contributed by atoms with Gasteiger partial charge in [0.1, 0.15) is 0 Å². The highest BCUT2D eigenvalue weighted by Crippen LogP contribution is 2.13. The predicted molar refractivity (Wildman–Crippen MR) is 37.3 cm³/mol. The van der Waals surface area contributed by atoms with Crippen LogP contribution in [0.25, 0.3) is 0 Å². The second kappa shape index (κ2) is 2.67. The predicted octanol–water partition coefficient (Wildman–Crippen LogP) is 0.365. The third-order valence-corrected chi connectivity index (χ3v) is 2.04. The van der Waals surface area contributed by atoms with Crippen molar-refractivity contribution in [2.75, 3.05) is 6.54 Å². The lowest BCUT2D eigenvalue weighted by Gasteiger charge is -2.29. The largest absolute Gasteiger partial charge is 0.393 e. The quantitative estimate of drug-likeness (QED) is 0.495. The van der Waals surface area contributed by atoms with Crippen LogP contribution in [0.3, 0.4) is 0 Å². The maximum atomic E-state index is 9.31. The third-order valence-electron chi connectivity index (χ3n) is 2.04. The molecule has 0 aromatic heterocycles. The van der Waals surface area contributed by atoms with Crippen LogP contribution in [0.5, 0.6) is 0 Å². The number of piperidine rings is 1. The van der Waals surface area contributed by atoms with E-state index in [2.05, 4.69) is 19.2 Å². The third kappa shape index (κ3) is 1.66. The molecule has 1 heterocycles. The highest BCUT2D eigenvalue weighted by Gasteiger charge is 2.22. The normalized spacial score (nSPS) is 45.0. The zero-order chi connectivity index (χ0) is 6.85. The van der Waals surface area contributed by atoms with E-state index in [0.717, 1.165) is 13.0 Å². The number of rotatable bonds is 0. The highest BCUT2D eigenvalue weighted by molar-refractivity contribution is 4.78. The van der Waals surface area contributed by atoms with Gasteiger partial charge in [-0.15, -0.1) is 0 Å². The molecule has 0 amide bonds. The van der Waals surface area contributed by atoms with E-state index in [-0.39, 0.29) is 6.10 Å². The van der Waals surface area contributed by atoms with Crippen molar-refractivity contribution in [3.8, 4) is 0 Å². The lowest BCUT2D eigenvalue weighted by atomic mass is 9.94. The molecule has 1 aliphatic heterocycles. The standard InChI is InChI=1S/C7H15NO/c1-5-4-8-6(2)3-7(5)9/h5-9H,3-4H2,1-2H3/t5-,6-,7-/m0/s1. The molecule has 1 saturated heterocycles. The van der Waals surface area contributed by atoms with E-state index in [4.69, 9.17) is 0 Å². The molecule has 0 saturated carbocycles. The molecule has 3 atom stereocenters. The molecule has 1 fully saturated rings. The van der Waals surface area contributed by atoms with Gasteiger partial charge in [-0.2, -0.15) is 0 Å². The lowest BCUT2D eigenvalue weighted by Crippen LogP contribution is -2.43. The Balaban J connectivity index is 2.35. The number of hydrogen-bond acceptors (Lipinski definition) is 2. The number of aliphatic hydroxyl groups excluding tert-OH is 1. The van der Waals surface area contributed by atoms with Gasteiger partial charge in [-0.25, -0.2) is 0 Å². The first kappa shape index (κ1) is 7.03. The molecule has 9 heavy (non-hydrogen) atoms. The topological polar surface area (TPSA) is 32.3 Å². The summed E-state index contributed by atoms with van der Waals surface area (Å²) in [5, 5.41) is 12.6. The first-order valence-electron chi connectivity index (χ1n) is 3.61. The Morgan fingerprint density at radius 1 is 1.44 bits per heavy atom. The zero-order valence-corrected chi connectivity index (χ0v) is 6.09. The van der Waals surface area contributed by atoms with E-state index >= 15 is 0 Å². The molecule has 0 radical (unpaired) electrons. The maximum absolute atomic E-state index is 9.31. The van der Waals surface area contributed by atoms with Crippen molar-refractivity contribution < 1.29 is 5.11 Å². The summed E-state index contributed by atoms with van der Waals surface area (Å²) in [6.45, 7) is 5.14. The second-order valence-corrected chi connectivity index (χ2v) is 3.09. The number of aliphatic hydroxyl groups is 1. The van der Waals surface area contributed by atoms with Crippen LogP contribution >= 0.6 is 0 Å². The second-order valence-electron chi connectivity index (χ2n) is 3.09. The zero-order valence-electron chi connectivity index (χ0n) is 6.09. The summed E-state index contributed by atoms with van der Waals surface area (Å²) in [5.74, 6) is 0.432. The molecule has 0 aromatic rings. The van der Waals surface area contributed by atoms with Gasteiger partial charge in [-0.3, -0.25) is 0 Å². The van der Waals surface area contributed by atoms with Gasteiger partial charge in [0.15, 0.2) is 0 Å². The van der Waals surface area contributed by atoms with Crippen LogP contribution in [0.15, 0.2) is 0 Å². The SMILES string of the molecule is C[C@H]1C[C@H](O)[C@@H](C)CN1. The van der Waals surface area contributed by atoms with Gasteiger partial charge >= 0.3 is 0 Å². The minimum absolute atomic E-state index is 0.0822. The molecule has 2 heteroatoms. The number of hydrogen-bond donors (Lipinski definition) is 2. The first-order chi connectivity index (χ1) is 4.20. The van der Waals surface area contributed by atoms with E-state index in [1.807, 2.05) is 0 Å². The Morgan fingerprint density at radius 2 is 2.11 bits per heavy atom. The minimum atomic E-state index is -0.0822. The summed E-state index contributed by atoms with van der Waals surface area (Å²) >= 11 is 0. The molecular weight excluding hydrogens is 114 g/mol. The summed E-state index contributed by atoms with van der Waals surface area (Å²) in [6.07, 6.45) is 0.822. The highest BCUT2D eigenvalue weighted by atomic mass is 16.3. The average Bonchev–Trinajstić information content (AvgIpc) is 1.80. The molecule has 2 N–H and O–H groups in total. The fraction of sp³-hybridized carbons (Fsp3) is 1.00. The van der Waals surface area contributed by atoms with Crippen LogP contribution in [-0.2, 0) is 0 Å². The molecule has 54 valence electrons. The molecular formula is C7H15NO. The molecule has 0 aliphatic carbocycles. The van der Waals surface area contributed by atoms with Gasteiger partial charge in [-0.1, -0.05) is 6.92 Å². The van der Waals surface area contributed by atoms with E-state index in [0.29, 0.717) is 12.0 Å². The Bertz CT molecular complexity index is 94.9. The average molecular weight is 129 g/mol. The molecule has 0 aromatic carbocycles. The molecule has 1 rings (SSSR count). The van der Waals surface area contributed by atoms with Crippen molar-refractivity contribution in [2.24, 2.45) is 5.92 Å². The minimum Gasteiger partial charge on any atom is -0.393 e. The van der Waals surface area contributed by atoms with Crippen molar-refractivity contribution in [1.82, 2.24) is 5.32 Å². The van der Waals surface area contributed by atoms with Crippen LogP contribution in [0.4, 0.5) is 0 Å². The van der Waals surface area contributed by atoms with Crippen LogP contribution in [0.1, 0.15) is 20.3 Å². The van der Waals surface area contributed by atoms with Gasteiger partial charge < -0.3 is 10.4 Å². The summed E-state index contributed by atoms with van der Waals surface area (Å²) in [4.78, 5) is 0. The number of nitrogens with one attached hydrogen (secondary N) is 1.